The van der Waals surface area contributed by atoms with Gasteiger partial charge in [-0.1, -0.05) is 5.16 Å². The number of rotatable bonds is 3. The van der Waals surface area contributed by atoms with Gasteiger partial charge in [-0.3, -0.25) is 4.55 Å². The molecule has 0 aromatic carbocycles. The second-order valence-corrected chi connectivity index (χ2v) is 6.45. The molecule has 0 radical (unpaired) electrons. The van der Waals surface area contributed by atoms with Crippen molar-refractivity contribution in [2.75, 3.05) is 6.54 Å². The van der Waals surface area contributed by atoms with Gasteiger partial charge in [0.1, 0.15) is 6.04 Å². The number of nitrogens with zero attached hydrogens (tertiary/aromatic N) is 5. The summed E-state index contributed by atoms with van der Waals surface area (Å²) in [4.78, 5) is 22.4. The second kappa shape index (κ2) is 4.45. The third-order valence-electron chi connectivity index (χ3n) is 3.37. The molecular weight excluding hydrogens is 338 g/mol. The highest BCUT2D eigenvalue weighted by atomic mass is 32.3. The Morgan fingerprint density at radius 3 is 2.95 bits per heavy atom. The predicted molar refractivity (Wildman–Crippen MR) is 67.6 cm³/mol. The van der Waals surface area contributed by atoms with Crippen LogP contribution < -0.4 is 0 Å². The summed E-state index contributed by atoms with van der Waals surface area (Å²) in [5, 5.41) is 4.13. The molecule has 2 aromatic rings. The number of amides is 2. The van der Waals surface area contributed by atoms with Crippen molar-refractivity contribution in [1.29, 1.82) is 0 Å². The van der Waals surface area contributed by atoms with Crippen molar-refractivity contribution in [3.8, 4) is 0 Å². The lowest BCUT2D eigenvalue weighted by molar-refractivity contribution is -0.0308. The summed E-state index contributed by atoms with van der Waals surface area (Å²) in [7, 11) is -4.82. The van der Waals surface area contributed by atoms with Crippen LogP contribution in [-0.2, 0) is 14.7 Å². The van der Waals surface area contributed by atoms with E-state index in [9.17, 15) is 13.2 Å². The third kappa shape index (κ3) is 1.90. The van der Waals surface area contributed by atoms with Gasteiger partial charge in [0.05, 0.1) is 22.6 Å². The van der Waals surface area contributed by atoms with E-state index in [0.29, 0.717) is 15.6 Å². The summed E-state index contributed by atoms with van der Waals surface area (Å²) >= 11 is 1.24. The number of urea groups is 1. The zero-order valence-corrected chi connectivity index (χ0v) is 12.2. The summed E-state index contributed by atoms with van der Waals surface area (Å²) in [5.74, 6) is 0.160. The molecule has 2 bridgehead atoms. The molecule has 22 heavy (non-hydrogen) atoms. The van der Waals surface area contributed by atoms with E-state index >= 15 is 0 Å². The molecule has 0 aliphatic carbocycles. The number of hydrogen-bond acceptors (Lipinski definition) is 9. The highest BCUT2D eigenvalue weighted by molar-refractivity contribution is 7.80. The van der Waals surface area contributed by atoms with Crippen molar-refractivity contribution in [2.24, 2.45) is 0 Å². The van der Waals surface area contributed by atoms with E-state index in [2.05, 4.69) is 19.4 Å². The minimum atomic E-state index is -4.82. The van der Waals surface area contributed by atoms with Crippen LogP contribution in [0.3, 0.4) is 0 Å². The molecule has 1 unspecified atom stereocenters. The van der Waals surface area contributed by atoms with Gasteiger partial charge in [0.2, 0.25) is 0 Å². The number of thiazole rings is 1. The lowest BCUT2D eigenvalue weighted by Gasteiger charge is -2.26. The summed E-state index contributed by atoms with van der Waals surface area (Å²) < 4.78 is 40.2. The monoisotopic (exact) mass is 345 g/mol. The molecule has 2 atom stereocenters. The Kier molecular flexibility index (Phi) is 2.75. The number of fused-ring (bicyclic) bond motifs is 4. The molecule has 4 rings (SSSR count). The summed E-state index contributed by atoms with van der Waals surface area (Å²) in [5.41, 5.74) is 2.08. The van der Waals surface area contributed by atoms with E-state index in [-0.39, 0.29) is 12.4 Å². The fourth-order valence-electron chi connectivity index (χ4n) is 2.61. The Balaban J connectivity index is 1.82. The molecule has 1 N–H and O–H groups in total. The van der Waals surface area contributed by atoms with Gasteiger partial charge in [-0.15, -0.1) is 15.6 Å². The van der Waals surface area contributed by atoms with E-state index in [0.717, 1.165) is 0 Å². The van der Waals surface area contributed by atoms with Gasteiger partial charge >= 0.3 is 16.4 Å². The second-order valence-electron chi connectivity index (χ2n) is 4.56. The van der Waals surface area contributed by atoms with Gasteiger partial charge in [-0.2, -0.15) is 18.5 Å². The van der Waals surface area contributed by atoms with Crippen molar-refractivity contribution >= 4 is 27.8 Å². The Labute approximate surface area is 127 Å². The molecule has 11 nitrogen and oxygen atoms in total. The van der Waals surface area contributed by atoms with Crippen molar-refractivity contribution in [2.45, 2.75) is 12.1 Å². The van der Waals surface area contributed by atoms with Crippen molar-refractivity contribution in [3.63, 3.8) is 0 Å². The van der Waals surface area contributed by atoms with Gasteiger partial charge < -0.3 is 9.42 Å². The van der Waals surface area contributed by atoms with Crippen LogP contribution in [-0.4, -0.2) is 50.6 Å². The molecule has 1 saturated heterocycles. The van der Waals surface area contributed by atoms with Gasteiger partial charge in [0.25, 0.3) is 5.89 Å². The molecular formula is C9H7N5O6S2. The van der Waals surface area contributed by atoms with Crippen molar-refractivity contribution in [3.05, 3.63) is 28.3 Å². The van der Waals surface area contributed by atoms with Gasteiger partial charge in [0, 0.05) is 0 Å². The maximum Gasteiger partial charge on any atom is 0.418 e. The van der Waals surface area contributed by atoms with E-state index in [4.69, 9.17) is 9.08 Å². The van der Waals surface area contributed by atoms with E-state index in [1.165, 1.54) is 22.6 Å². The van der Waals surface area contributed by atoms with Crippen LogP contribution in [0.15, 0.2) is 16.4 Å². The molecule has 0 saturated carbocycles. The fraction of sp³-hybridized carbons (Fsp3) is 0.333. The average molecular weight is 345 g/mol. The van der Waals surface area contributed by atoms with E-state index < -0.39 is 28.5 Å². The first-order valence-electron chi connectivity index (χ1n) is 5.92. The Morgan fingerprint density at radius 1 is 1.45 bits per heavy atom. The molecule has 2 aromatic heterocycles. The highest BCUT2D eigenvalue weighted by Crippen LogP contribution is 2.47. The first kappa shape index (κ1) is 13.6. The van der Waals surface area contributed by atoms with Crippen LogP contribution in [0.25, 0.3) is 0 Å². The van der Waals surface area contributed by atoms with E-state index in [1.54, 1.807) is 5.51 Å². The highest BCUT2D eigenvalue weighted by Gasteiger charge is 2.53. The maximum absolute atomic E-state index is 12.4. The molecule has 2 aliphatic heterocycles. The first-order chi connectivity index (χ1) is 10.5. The normalized spacial score (nSPS) is 24.0. The van der Waals surface area contributed by atoms with Crippen LogP contribution in [0.4, 0.5) is 4.79 Å². The summed E-state index contributed by atoms with van der Waals surface area (Å²) in [6.07, 6.45) is 1.19. The average Bonchev–Trinajstić information content (AvgIpc) is 3.15. The lowest BCUT2D eigenvalue weighted by atomic mass is 10.0. The van der Waals surface area contributed by atoms with Crippen LogP contribution >= 0.6 is 11.3 Å². The maximum atomic E-state index is 12.4. The van der Waals surface area contributed by atoms with Crippen molar-refractivity contribution in [1.82, 2.24) is 25.1 Å². The number of carbonyl (C=O) groups is 1. The first-order valence-corrected chi connectivity index (χ1v) is 8.17. The zero-order valence-electron chi connectivity index (χ0n) is 10.6. The topological polar surface area (TPSA) is 139 Å². The molecule has 4 heterocycles. The number of hydrogen-bond donors (Lipinski definition) is 1. The lowest BCUT2D eigenvalue weighted by Crippen LogP contribution is -2.35. The Hall–Kier alpha value is -2.09. The van der Waals surface area contributed by atoms with Crippen LogP contribution in [0.1, 0.15) is 28.5 Å². The minimum Gasteiger partial charge on any atom is -0.337 e. The van der Waals surface area contributed by atoms with E-state index in [1.807, 2.05) is 0 Å². The molecule has 2 aliphatic rings. The largest absolute Gasteiger partial charge is 0.418 e. The molecule has 0 spiro atoms. The van der Waals surface area contributed by atoms with Crippen LogP contribution in [0, 0.1) is 0 Å². The van der Waals surface area contributed by atoms with Gasteiger partial charge in [-0.25, -0.2) is 9.78 Å². The van der Waals surface area contributed by atoms with Crippen LogP contribution in [0.2, 0.25) is 0 Å². The number of aromatic nitrogens is 3. The zero-order chi connectivity index (χ0) is 15.5. The molecule has 1 fully saturated rings. The smallest absolute Gasteiger partial charge is 0.337 e. The fourth-order valence-corrected chi connectivity index (χ4v) is 3.87. The SMILES string of the molecule is O=C1N(OS(=O)(=O)O)C2CN1[C@H](c1ncno1)c1ncsc12. The summed E-state index contributed by atoms with van der Waals surface area (Å²) in [6, 6.07) is -2.14. The molecule has 116 valence electrons. The number of hydroxylamine groups is 2. The van der Waals surface area contributed by atoms with Crippen LogP contribution in [0.5, 0.6) is 0 Å². The predicted octanol–water partition coefficient (Wildman–Crippen LogP) is 0.142. The number of carbonyl (C=O) groups excluding carboxylic acids is 1. The summed E-state index contributed by atoms with van der Waals surface area (Å²) in [6.45, 7) is 0.149. The standard InChI is InChI=1S/C9H7N5O6S2/c15-9-13-1-4(14(9)20-22(16,17)18)7-5(11-3-21-7)6(13)8-10-2-12-19-8/h2-4,6H,1H2,(H,16,17,18)/t4?,6-/m0/s1. The van der Waals surface area contributed by atoms with Gasteiger partial charge in [0.15, 0.2) is 12.4 Å². The molecule has 2 amide bonds. The quantitative estimate of drug-likeness (QED) is 0.769. The third-order valence-corrected chi connectivity index (χ3v) is 4.67. The van der Waals surface area contributed by atoms with Gasteiger partial charge in [-0.05, 0) is 0 Å². The molecule has 13 heteroatoms. The van der Waals surface area contributed by atoms with Crippen molar-refractivity contribution < 1.29 is 26.6 Å². The minimum absolute atomic E-state index is 0.149. The Bertz CT molecular complexity index is 833. The Morgan fingerprint density at radius 2 is 2.27 bits per heavy atom.